The molecule has 1 saturated heterocycles. The molecule has 1 fully saturated rings. The second kappa shape index (κ2) is 8.55. The van der Waals surface area contributed by atoms with Gasteiger partial charge in [-0.2, -0.15) is 0 Å². The van der Waals surface area contributed by atoms with Crippen LogP contribution in [0.5, 0.6) is 0 Å². The number of nitrogens with zero attached hydrogens (tertiary/aromatic N) is 2. The molecular weight excluding hydrogens is 458 g/mol. The third-order valence-corrected chi connectivity index (χ3v) is 10.1. The first kappa shape index (κ1) is 22.3. The summed E-state index contributed by atoms with van der Waals surface area (Å²) >= 11 is 2.99. The Bertz CT molecular complexity index is 1210. The molecule has 2 N–H and O–H groups in total. The van der Waals surface area contributed by atoms with Crippen LogP contribution in [0.25, 0.3) is 20.1 Å². The number of aromatic nitrogens is 2. The van der Waals surface area contributed by atoms with Crippen molar-refractivity contribution >= 4 is 48.6 Å². The van der Waals surface area contributed by atoms with Gasteiger partial charge in [0.05, 0.1) is 25.0 Å². The molecule has 1 amide bonds. The molecular formula is C20H23N3O5S3. The number of sulfone groups is 1. The molecule has 3 heterocycles. The highest BCUT2D eigenvalue weighted by Gasteiger charge is 2.52. The largest absolute Gasteiger partial charge is 0.381 e. The minimum atomic E-state index is -4.07. The third-order valence-electron chi connectivity index (χ3n) is 5.35. The predicted molar refractivity (Wildman–Crippen MR) is 119 cm³/mol. The summed E-state index contributed by atoms with van der Waals surface area (Å²) in [6, 6.07) is 4.69. The van der Waals surface area contributed by atoms with Crippen molar-refractivity contribution in [1.82, 2.24) is 15.4 Å². The molecule has 0 spiro atoms. The van der Waals surface area contributed by atoms with Gasteiger partial charge in [0.2, 0.25) is 0 Å². The average molecular weight is 482 g/mol. The Kier molecular flexibility index (Phi) is 6.14. The van der Waals surface area contributed by atoms with Crippen LogP contribution in [-0.4, -0.2) is 47.5 Å². The molecule has 1 aliphatic rings. The number of carbonyl (C=O) groups excluding carboxylic acids is 1. The van der Waals surface area contributed by atoms with Gasteiger partial charge in [0.1, 0.15) is 5.01 Å². The molecule has 0 atom stereocenters. The van der Waals surface area contributed by atoms with Crippen molar-refractivity contribution in [2.45, 2.75) is 42.8 Å². The zero-order valence-electron chi connectivity index (χ0n) is 17.1. The highest BCUT2D eigenvalue weighted by atomic mass is 32.2. The van der Waals surface area contributed by atoms with Crippen molar-refractivity contribution in [1.29, 1.82) is 0 Å². The van der Waals surface area contributed by atoms with Gasteiger partial charge in [0.25, 0.3) is 5.91 Å². The van der Waals surface area contributed by atoms with Crippen molar-refractivity contribution in [3.63, 3.8) is 0 Å². The third kappa shape index (κ3) is 4.00. The molecule has 0 aliphatic carbocycles. The number of amides is 1. The molecule has 2 aromatic heterocycles. The number of benzene rings is 1. The van der Waals surface area contributed by atoms with E-state index in [1.54, 1.807) is 35.1 Å². The summed E-state index contributed by atoms with van der Waals surface area (Å²) in [6.45, 7) is 4.54. The molecule has 31 heavy (non-hydrogen) atoms. The van der Waals surface area contributed by atoms with Gasteiger partial charge in [-0.15, -0.1) is 22.7 Å². The maximum Gasteiger partial charge on any atom is 0.265 e. The van der Waals surface area contributed by atoms with E-state index in [1.165, 1.54) is 17.4 Å². The molecule has 4 rings (SSSR count). The maximum absolute atomic E-state index is 13.5. The molecule has 8 nitrogen and oxygen atoms in total. The standard InChI is InChI=1S/C20H23N3O5S3/c1-12(2)9-17-21-11-16(29-17)18-22-14-4-3-13(10-15(14)30-18)31(26,27)20(19(24)23-25)5-7-28-8-6-20/h3-4,10-12,25H,5-9H2,1-2H3,(H,23,24). The smallest absolute Gasteiger partial charge is 0.265 e. The molecule has 1 aromatic carbocycles. The number of fused-ring (bicyclic) bond motifs is 1. The predicted octanol–water partition coefficient (Wildman–Crippen LogP) is 3.45. The maximum atomic E-state index is 13.5. The number of ether oxygens (including phenoxy) is 1. The lowest BCUT2D eigenvalue weighted by molar-refractivity contribution is -0.134. The highest BCUT2D eigenvalue weighted by Crippen LogP contribution is 2.39. The van der Waals surface area contributed by atoms with Gasteiger partial charge >= 0.3 is 0 Å². The molecule has 0 saturated carbocycles. The minimum absolute atomic E-state index is 0.0206. The van der Waals surface area contributed by atoms with Gasteiger partial charge in [0, 0.05) is 25.8 Å². The zero-order valence-corrected chi connectivity index (χ0v) is 19.6. The first-order chi connectivity index (χ1) is 14.8. The van der Waals surface area contributed by atoms with Gasteiger partial charge < -0.3 is 4.74 Å². The van der Waals surface area contributed by atoms with Crippen LogP contribution in [0.3, 0.4) is 0 Å². The van der Waals surface area contributed by atoms with Crippen LogP contribution in [0.2, 0.25) is 0 Å². The Balaban J connectivity index is 1.72. The summed E-state index contributed by atoms with van der Waals surface area (Å²) in [4.78, 5) is 22.5. The second-order valence-electron chi connectivity index (χ2n) is 7.92. The number of hydroxylamine groups is 1. The van der Waals surface area contributed by atoms with Crippen LogP contribution in [0.15, 0.2) is 29.3 Å². The highest BCUT2D eigenvalue weighted by molar-refractivity contribution is 7.93. The minimum Gasteiger partial charge on any atom is -0.381 e. The first-order valence-electron chi connectivity index (χ1n) is 9.89. The van der Waals surface area contributed by atoms with Crippen LogP contribution in [0.4, 0.5) is 0 Å². The van der Waals surface area contributed by atoms with E-state index >= 15 is 0 Å². The molecule has 166 valence electrons. The SMILES string of the molecule is CC(C)Cc1ncc(-c2nc3ccc(S(=O)(=O)C4(C(=O)NO)CCOCC4)cc3s2)s1. The van der Waals surface area contributed by atoms with Crippen LogP contribution in [0, 0.1) is 5.92 Å². The van der Waals surface area contributed by atoms with E-state index in [4.69, 9.17) is 4.74 Å². The topological polar surface area (TPSA) is 118 Å². The number of thiazole rings is 2. The van der Waals surface area contributed by atoms with Crippen molar-refractivity contribution in [3.8, 4) is 9.88 Å². The van der Waals surface area contributed by atoms with Gasteiger partial charge in [-0.05, 0) is 37.0 Å². The summed E-state index contributed by atoms with van der Waals surface area (Å²) in [6.07, 6.45) is 2.66. The van der Waals surface area contributed by atoms with Crippen LogP contribution in [0.1, 0.15) is 31.7 Å². The fourth-order valence-corrected chi connectivity index (χ4v) is 7.89. The van der Waals surface area contributed by atoms with Crippen molar-refractivity contribution < 1.29 is 23.2 Å². The van der Waals surface area contributed by atoms with E-state index in [0.29, 0.717) is 16.1 Å². The number of nitrogens with one attached hydrogen (secondary N) is 1. The lowest BCUT2D eigenvalue weighted by Crippen LogP contribution is -2.54. The molecule has 1 aliphatic heterocycles. The monoisotopic (exact) mass is 481 g/mol. The average Bonchev–Trinajstić information content (AvgIpc) is 3.39. The Morgan fingerprint density at radius 1 is 1.29 bits per heavy atom. The van der Waals surface area contributed by atoms with Gasteiger partial charge in [-0.25, -0.2) is 23.9 Å². The fraction of sp³-hybridized carbons (Fsp3) is 0.450. The number of carbonyl (C=O) groups is 1. The van der Waals surface area contributed by atoms with Gasteiger partial charge in [0.15, 0.2) is 14.6 Å². The van der Waals surface area contributed by atoms with E-state index in [0.717, 1.165) is 21.3 Å². The normalized spacial score (nSPS) is 16.6. The summed E-state index contributed by atoms with van der Waals surface area (Å²) < 4.78 is 31.2. The quantitative estimate of drug-likeness (QED) is 0.409. The van der Waals surface area contributed by atoms with Gasteiger partial charge in [-0.1, -0.05) is 13.8 Å². The lowest BCUT2D eigenvalue weighted by Gasteiger charge is -2.34. The molecule has 11 heteroatoms. The Morgan fingerprint density at radius 3 is 2.71 bits per heavy atom. The van der Waals surface area contributed by atoms with E-state index in [9.17, 15) is 18.4 Å². The lowest BCUT2D eigenvalue weighted by atomic mass is 9.98. The van der Waals surface area contributed by atoms with Crippen molar-refractivity contribution in [2.75, 3.05) is 13.2 Å². The Hall–Kier alpha value is -1.92. The zero-order chi connectivity index (χ0) is 22.2. The Morgan fingerprint density at radius 2 is 2.03 bits per heavy atom. The van der Waals surface area contributed by atoms with Crippen molar-refractivity contribution in [3.05, 3.63) is 29.4 Å². The molecule has 0 unspecified atom stereocenters. The molecule has 0 bridgehead atoms. The van der Waals surface area contributed by atoms with Crippen LogP contribution in [-0.2, 0) is 25.8 Å². The molecule has 0 radical (unpaired) electrons. The van der Waals surface area contributed by atoms with Gasteiger partial charge in [-0.3, -0.25) is 10.0 Å². The number of hydrogen-bond donors (Lipinski definition) is 2. The van der Waals surface area contributed by atoms with E-state index in [2.05, 4.69) is 23.8 Å². The fourth-order valence-electron chi connectivity index (χ4n) is 3.68. The summed E-state index contributed by atoms with van der Waals surface area (Å²) in [5.41, 5.74) is 2.23. The summed E-state index contributed by atoms with van der Waals surface area (Å²) in [5.74, 6) is -0.418. The second-order valence-corrected chi connectivity index (χ2v) is 12.3. The van der Waals surface area contributed by atoms with Crippen LogP contribution >= 0.6 is 22.7 Å². The summed E-state index contributed by atoms with van der Waals surface area (Å²) in [5, 5.41) is 11.0. The number of rotatable bonds is 6. The van der Waals surface area contributed by atoms with Crippen LogP contribution < -0.4 is 5.48 Å². The molecule has 3 aromatic rings. The number of hydrogen-bond acceptors (Lipinski definition) is 9. The first-order valence-corrected chi connectivity index (χ1v) is 13.0. The Labute approximate surface area is 188 Å². The summed E-state index contributed by atoms with van der Waals surface area (Å²) in [7, 11) is -4.07. The van der Waals surface area contributed by atoms with E-state index < -0.39 is 20.5 Å². The van der Waals surface area contributed by atoms with E-state index in [1.807, 2.05) is 0 Å². The van der Waals surface area contributed by atoms with E-state index in [-0.39, 0.29) is 31.0 Å². The van der Waals surface area contributed by atoms with Crippen molar-refractivity contribution in [2.24, 2.45) is 5.92 Å².